The molecule has 2 aromatic heterocycles. The van der Waals surface area contributed by atoms with Crippen molar-refractivity contribution in [2.75, 3.05) is 33.4 Å². The van der Waals surface area contributed by atoms with Crippen LogP contribution in [0.4, 0.5) is 0 Å². The molecule has 146 valence electrons. The Hall–Kier alpha value is -2.39. The minimum atomic E-state index is -0.781. The van der Waals surface area contributed by atoms with E-state index in [1.54, 1.807) is 21.8 Å². The van der Waals surface area contributed by atoms with Crippen molar-refractivity contribution in [3.63, 3.8) is 0 Å². The third-order valence-electron chi connectivity index (χ3n) is 5.48. The summed E-state index contributed by atoms with van der Waals surface area (Å²) in [5.74, 6) is -0.170. The average Bonchev–Trinajstić information content (AvgIpc) is 3.38. The molecule has 2 aliphatic rings. The summed E-state index contributed by atoms with van der Waals surface area (Å²) >= 11 is 0. The van der Waals surface area contributed by atoms with Crippen LogP contribution in [0.15, 0.2) is 16.8 Å². The Labute approximate surface area is 162 Å². The largest absolute Gasteiger partial charge is 0.468 e. The Morgan fingerprint density at radius 3 is 2.85 bits per heavy atom. The zero-order valence-electron chi connectivity index (χ0n) is 15.3. The first-order valence-electron chi connectivity index (χ1n) is 8.37. The lowest BCUT2D eigenvalue weighted by Gasteiger charge is -2.23. The Morgan fingerprint density at radius 1 is 1.41 bits per heavy atom. The van der Waals surface area contributed by atoms with Crippen LogP contribution in [0.3, 0.4) is 0 Å². The van der Waals surface area contributed by atoms with Crippen molar-refractivity contribution < 1.29 is 23.6 Å². The highest BCUT2D eigenvalue weighted by atomic mass is 35.5. The number of halogens is 1. The van der Waals surface area contributed by atoms with Crippen LogP contribution >= 0.6 is 12.4 Å². The van der Waals surface area contributed by atoms with E-state index in [2.05, 4.69) is 10.3 Å². The number of aromatic nitrogens is 3. The molecule has 0 unspecified atom stereocenters. The number of methoxy groups -OCH3 is 1. The normalized spacial score (nSPS) is 23.8. The number of amides is 1. The quantitative estimate of drug-likeness (QED) is 0.715. The van der Waals surface area contributed by atoms with Crippen molar-refractivity contribution in [1.29, 1.82) is 0 Å². The number of rotatable bonds is 3. The lowest BCUT2D eigenvalue weighted by molar-refractivity contribution is -0.153. The fraction of sp³-hybridized carbons (Fsp3) is 0.529. The maximum Gasteiger partial charge on any atom is 0.316 e. The number of esters is 1. The van der Waals surface area contributed by atoms with Gasteiger partial charge in [-0.25, -0.2) is 0 Å². The van der Waals surface area contributed by atoms with E-state index < -0.39 is 5.41 Å². The molecule has 2 aliphatic heterocycles. The standard InChI is InChI=1S/C17H20N4O5.ClH/c1-10-12(5-18-20(10)2)14-4-13(19-26-14)15(22)21-6-11-7-25-9-17(11,8-21)16(23)24-3;/h4-5,11H,6-9H2,1-3H3;1H/t11-,17-;/m0./s1. The van der Waals surface area contributed by atoms with Gasteiger partial charge in [-0.15, -0.1) is 12.4 Å². The molecule has 2 atom stereocenters. The summed E-state index contributed by atoms with van der Waals surface area (Å²) in [4.78, 5) is 26.7. The predicted octanol–water partition coefficient (Wildman–Crippen LogP) is 1.07. The second-order valence-corrected chi connectivity index (χ2v) is 6.89. The third-order valence-corrected chi connectivity index (χ3v) is 5.48. The highest BCUT2D eigenvalue weighted by molar-refractivity contribution is 5.94. The minimum Gasteiger partial charge on any atom is -0.468 e. The van der Waals surface area contributed by atoms with Gasteiger partial charge >= 0.3 is 5.97 Å². The Morgan fingerprint density at radius 2 is 2.19 bits per heavy atom. The molecule has 27 heavy (non-hydrogen) atoms. The second kappa shape index (κ2) is 6.97. The van der Waals surface area contributed by atoms with Gasteiger partial charge in [0.25, 0.3) is 5.91 Å². The van der Waals surface area contributed by atoms with E-state index in [1.165, 1.54) is 7.11 Å². The Bertz CT molecular complexity index is 879. The number of nitrogens with zero attached hydrogens (tertiary/aromatic N) is 4. The van der Waals surface area contributed by atoms with E-state index in [0.29, 0.717) is 18.9 Å². The van der Waals surface area contributed by atoms with E-state index in [1.807, 2.05) is 14.0 Å². The van der Waals surface area contributed by atoms with Gasteiger partial charge in [0, 0.05) is 37.8 Å². The van der Waals surface area contributed by atoms with Gasteiger partial charge in [0.05, 0.1) is 32.1 Å². The molecule has 9 nitrogen and oxygen atoms in total. The molecule has 2 saturated heterocycles. The number of fused-ring (bicyclic) bond motifs is 1. The van der Waals surface area contributed by atoms with Gasteiger partial charge in [-0.05, 0) is 6.92 Å². The van der Waals surface area contributed by atoms with E-state index >= 15 is 0 Å². The SMILES string of the molecule is COC(=O)[C@@]12COC[C@@H]1CN(C(=O)c1cc(-c3cnn(C)c3C)on1)C2.Cl. The molecule has 10 heteroatoms. The van der Waals surface area contributed by atoms with Crippen molar-refractivity contribution in [3.05, 3.63) is 23.7 Å². The molecular formula is C17H21ClN4O5. The summed E-state index contributed by atoms with van der Waals surface area (Å²) in [7, 11) is 3.19. The van der Waals surface area contributed by atoms with Crippen molar-refractivity contribution in [2.24, 2.45) is 18.4 Å². The molecule has 2 fully saturated rings. The zero-order chi connectivity index (χ0) is 18.5. The fourth-order valence-electron chi connectivity index (χ4n) is 3.79. The first kappa shape index (κ1) is 19.4. The predicted molar refractivity (Wildman–Crippen MR) is 95.4 cm³/mol. The smallest absolute Gasteiger partial charge is 0.316 e. The van der Waals surface area contributed by atoms with Gasteiger partial charge in [0.2, 0.25) is 0 Å². The number of hydrogen-bond donors (Lipinski definition) is 0. The van der Waals surface area contributed by atoms with Crippen LogP contribution < -0.4 is 0 Å². The first-order valence-corrected chi connectivity index (χ1v) is 8.37. The van der Waals surface area contributed by atoms with Crippen LogP contribution in [0, 0.1) is 18.3 Å². The highest BCUT2D eigenvalue weighted by Crippen LogP contribution is 2.42. The van der Waals surface area contributed by atoms with Crippen molar-refractivity contribution in [3.8, 4) is 11.3 Å². The van der Waals surface area contributed by atoms with Crippen LogP contribution in [0.5, 0.6) is 0 Å². The summed E-state index contributed by atoms with van der Waals surface area (Å²) in [6.07, 6.45) is 1.67. The van der Waals surface area contributed by atoms with E-state index in [-0.39, 0.29) is 49.0 Å². The summed E-state index contributed by atoms with van der Waals surface area (Å²) in [6, 6.07) is 1.61. The second-order valence-electron chi connectivity index (χ2n) is 6.89. The van der Waals surface area contributed by atoms with Gasteiger partial charge in [0.1, 0.15) is 5.41 Å². The number of ether oxygens (including phenoxy) is 2. The zero-order valence-corrected chi connectivity index (χ0v) is 16.1. The van der Waals surface area contributed by atoms with E-state index in [4.69, 9.17) is 14.0 Å². The maximum absolute atomic E-state index is 12.9. The van der Waals surface area contributed by atoms with Gasteiger partial charge in [0.15, 0.2) is 11.5 Å². The third kappa shape index (κ3) is 2.90. The lowest BCUT2D eigenvalue weighted by Crippen LogP contribution is -2.41. The van der Waals surface area contributed by atoms with Gasteiger partial charge in [-0.1, -0.05) is 5.16 Å². The molecule has 0 spiro atoms. The van der Waals surface area contributed by atoms with Crippen molar-refractivity contribution in [1.82, 2.24) is 19.8 Å². The summed E-state index contributed by atoms with van der Waals surface area (Å²) < 4.78 is 17.5. The first-order chi connectivity index (χ1) is 12.5. The number of carbonyl (C=O) groups excluding carboxylic acids is 2. The molecule has 0 aliphatic carbocycles. The van der Waals surface area contributed by atoms with E-state index in [0.717, 1.165) is 11.3 Å². The highest BCUT2D eigenvalue weighted by Gasteiger charge is 2.58. The molecule has 4 heterocycles. The Kier molecular flexibility index (Phi) is 5.00. The molecule has 4 rings (SSSR count). The Balaban J connectivity index is 0.00000210. The summed E-state index contributed by atoms with van der Waals surface area (Å²) in [6.45, 7) is 3.32. The molecule has 0 aromatic carbocycles. The summed E-state index contributed by atoms with van der Waals surface area (Å²) in [5, 5.41) is 8.09. The minimum absolute atomic E-state index is 0. The van der Waals surface area contributed by atoms with Crippen LogP contribution in [0.1, 0.15) is 16.2 Å². The van der Waals surface area contributed by atoms with Crippen LogP contribution in [-0.4, -0.2) is 65.1 Å². The molecule has 2 aromatic rings. The molecule has 0 bridgehead atoms. The summed E-state index contributed by atoms with van der Waals surface area (Å²) in [5.41, 5.74) is 1.13. The monoisotopic (exact) mass is 396 g/mol. The topological polar surface area (TPSA) is 99.7 Å². The van der Waals surface area contributed by atoms with Gasteiger partial charge in [-0.3, -0.25) is 14.3 Å². The van der Waals surface area contributed by atoms with Crippen LogP contribution in [-0.2, 0) is 21.3 Å². The van der Waals surface area contributed by atoms with Crippen molar-refractivity contribution >= 4 is 24.3 Å². The van der Waals surface area contributed by atoms with Crippen molar-refractivity contribution in [2.45, 2.75) is 6.92 Å². The fourth-order valence-corrected chi connectivity index (χ4v) is 3.79. The lowest BCUT2D eigenvalue weighted by atomic mass is 9.81. The number of aryl methyl sites for hydroxylation is 1. The van der Waals surface area contributed by atoms with Crippen LogP contribution in [0.2, 0.25) is 0 Å². The number of hydrogen-bond acceptors (Lipinski definition) is 7. The molecule has 0 N–H and O–H groups in total. The number of likely N-dealkylation sites (tertiary alicyclic amines) is 1. The molecular weight excluding hydrogens is 376 g/mol. The average molecular weight is 397 g/mol. The molecule has 1 amide bonds. The molecule has 0 saturated carbocycles. The maximum atomic E-state index is 12.9. The van der Waals surface area contributed by atoms with Gasteiger partial charge in [-0.2, -0.15) is 5.10 Å². The van der Waals surface area contributed by atoms with E-state index in [9.17, 15) is 9.59 Å². The van der Waals surface area contributed by atoms with Crippen LogP contribution in [0.25, 0.3) is 11.3 Å². The van der Waals surface area contributed by atoms with Gasteiger partial charge < -0.3 is 18.9 Å². The number of carbonyl (C=O) groups is 2. The molecule has 0 radical (unpaired) electrons.